The van der Waals surface area contributed by atoms with Crippen molar-refractivity contribution in [3.8, 4) is 0 Å². The Labute approximate surface area is 191 Å². The Bertz CT molecular complexity index is 1310. The lowest BCUT2D eigenvalue weighted by Crippen LogP contribution is -2.36. The first-order chi connectivity index (χ1) is 15.3. The van der Waals surface area contributed by atoms with Crippen LogP contribution in [0.15, 0.2) is 66.9 Å². The molecule has 0 saturated heterocycles. The molecule has 6 nitrogen and oxygen atoms in total. The lowest BCUT2D eigenvalue weighted by molar-refractivity contribution is -0.116. The predicted octanol–water partition coefficient (Wildman–Crippen LogP) is 4.46. The van der Waals surface area contributed by atoms with Crippen LogP contribution in [0.1, 0.15) is 22.4 Å². The average molecular weight is 466 g/mol. The van der Waals surface area contributed by atoms with Crippen molar-refractivity contribution in [2.75, 3.05) is 10.7 Å². The number of fused-ring (bicyclic) bond motifs is 1. The molecule has 0 fully saturated rings. The Balaban J connectivity index is 1.65. The number of aryl methyl sites for hydroxylation is 2. The van der Waals surface area contributed by atoms with E-state index in [2.05, 4.69) is 9.97 Å². The van der Waals surface area contributed by atoms with Gasteiger partial charge in [0.15, 0.2) is 15.0 Å². The molecule has 1 amide bonds. The van der Waals surface area contributed by atoms with Gasteiger partial charge in [-0.15, -0.1) is 0 Å². The maximum atomic E-state index is 13.3. The summed E-state index contributed by atoms with van der Waals surface area (Å²) in [5, 5.41) is 0.468. The summed E-state index contributed by atoms with van der Waals surface area (Å²) >= 11 is 1.38. The Morgan fingerprint density at radius 2 is 1.72 bits per heavy atom. The molecule has 0 bridgehead atoms. The van der Waals surface area contributed by atoms with Gasteiger partial charge in [-0.1, -0.05) is 47.7 Å². The third kappa shape index (κ3) is 5.20. The Morgan fingerprint density at radius 3 is 2.44 bits per heavy atom. The molecule has 4 aromatic rings. The van der Waals surface area contributed by atoms with Crippen LogP contribution < -0.4 is 4.90 Å². The zero-order chi connectivity index (χ0) is 22.7. The molecule has 2 heterocycles. The van der Waals surface area contributed by atoms with Crippen LogP contribution in [-0.4, -0.2) is 30.0 Å². The van der Waals surface area contributed by atoms with Gasteiger partial charge in [0.05, 0.1) is 28.2 Å². The molecule has 8 heteroatoms. The van der Waals surface area contributed by atoms with E-state index in [9.17, 15) is 13.2 Å². The zero-order valence-corrected chi connectivity index (χ0v) is 19.5. The first kappa shape index (κ1) is 22.1. The number of carbonyl (C=O) groups is 1. The van der Waals surface area contributed by atoms with Crippen molar-refractivity contribution < 1.29 is 13.2 Å². The fraction of sp³-hybridized carbons (Fsp3) is 0.208. The molecule has 164 valence electrons. The molecule has 0 N–H and O–H groups in total. The lowest BCUT2D eigenvalue weighted by atomic mass is 10.1. The first-order valence-electron chi connectivity index (χ1n) is 10.1. The number of sulfone groups is 1. The van der Waals surface area contributed by atoms with Gasteiger partial charge in [0, 0.05) is 6.20 Å². The van der Waals surface area contributed by atoms with Gasteiger partial charge in [-0.3, -0.25) is 14.7 Å². The number of pyridine rings is 1. The molecule has 0 aliphatic heterocycles. The van der Waals surface area contributed by atoms with Gasteiger partial charge >= 0.3 is 0 Å². The number of aromatic nitrogens is 2. The Hall–Kier alpha value is -3.10. The number of anilines is 1. The monoisotopic (exact) mass is 465 g/mol. The molecule has 32 heavy (non-hydrogen) atoms. The molecular weight excluding hydrogens is 442 g/mol. The van der Waals surface area contributed by atoms with E-state index in [1.165, 1.54) is 16.2 Å². The van der Waals surface area contributed by atoms with Gasteiger partial charge in [0.1, 0.15) is 5.75 Å². The minimum absolute atomic E-state index is 0.151. The largest absolute Gasteiger partial charge is 0.281 e. The zero-order valence-electron chi connectivity index (χ0n) is 17.9. The second-order valence-corrected chi connectivity index (χ2v) is 10.8. The maximum Gasteiger partial charge on any atom is 0.244 e. The number of carbonyl (C=O) groups excluding carboxylic acids is 1. The van der Waals surface area contributed by atoms with Crippen molar-refractivity contribution in [3.63, 3.8) is 0 Å². The number of thiazole rings is 1. The van der Waals surface area contributed by atoms with E-state index in [0.717, 1.165) is 21.3 Å². The van der Waals surface area contributed by atoms with Crippen LogP contribution >= 0.6 is 11.3 Å². The molecule has 4 rings (SSSR count). The van der Waals surface area contributed by atoms with E-state index in [4.69, 9.17) is 0 Å². The SMILES string of the molecule is Cc1cc2nc(N(Cc3ccccn3)C(=O)CS(=O)(=O)Cc3ccccc3)sc2cc1C. The van der Waals surface area contributed by atoms with Gasteiger partial charge in [-0.2, -0.15) is 0 Å². The first-order valence-corrected chi connectivity index (χ1v) is 12.8. The fourth-order valence-corrected chi connectivity index (χ4v) is 5.74. The second kappa shape index (κ2) is 9.18. The summed E-state index contributed by atoms with van der Waals surface area (Å²) in [6, 6.07) is 18.3. The third-order valence-electron chi connectivity index (χ3n) is 5.14. The predicted molar refractivity (Wildman–Crippen MR) is 128 cm³/mol. The van der Waals surface area contributed by atoms with Crippen LogP contribution in [0.25, 0.3) is 10.2 Å². The molecule has 2 aromatic carbocycles. The summed E-state index contributed by atoms with van der Waals surface area (Å²) in [5.41, 5.74) is 4.36. The van der Waals surface area contributed by atoms with Crippen LogP contribution in [0.2, 0.25) is 0 Å². The van der Waals surface area contributed by atoms with E-state index in [0.29, 0.717) is 16.4 Å². The number of hydrogen-bond acceptors (Lipinski definition) is 6. The van der Waals surface area contributed by atoms with E-state index >= 15 is 0 Å². The fourth-order valence-electron chi connectivity index (χ4n) is 3.34. The van der Waals surface area contributed by atoms with E-state index < -0.39 is 21.5 Å². The number of nitrogens with zero attached hydrogens (tertiary/aromatic N) is 3. The molecule has 0 aliphatic carbocycles. The molecule has 2 aromatic heterocycles. The van der Waals surface area contributed by atoms with Crippen molar-refractivity contribution in [2.45, 2.75) is 26.1 Å². The summed E-state index contributed by atoms with van der Waals surface area (Å²) in [4.78, 5) is 23.6. The van der Waals surface area contributed by atoms with Crippen molar-refractivity contribution in [1.82, 2.24) is 9.97 Å². The summed E-state index contributed by atoms with van der Waals surface area (Å²) in [6.07, 6.45) is 1.65. The van der Waals surface area contributed by atoms with Gasteiger partial charge < -0.3 is 0 Å². The van der Waals surface area contributed by atoms with Crippen LogP contribution in [0.4, 0.5) is 5.13 Å². The molecule has 0 aliphatic rings. The standard InChI is InChI=1S/C24H23N3O3S2/c1-17-12-21-22(13-18(17)2)31-24(26-21)27(14-20-10-6-7-11-25-20)23(28)16-32(29,30)15-19-8-4-3-5-9-19/h3-13H,14-16H2,1-2H3. The highest BCUT2D eigenvalue weighted by Gasteiger charge is 2.26. The highest BCUT2D eigenvalue weighted by atomic mass is 32.2. The topological polar surface area (TPSA) is 80.2 Å². The van der Waals surface area contributed by atoms with E-state index in [1.54, 1.807) is 42.6 Å². The van der Waals surface area contributed by atoms with Gasteiger partial charge in [-0.25, -0.2) is 13.4 Å². The minimum Gasteiger partial charge on any atom is -0.281 e. The molecule has 0 radical (unpaired) electrons. The van der Waals surface area contributed by atoms with Crippen LogP contribution in [-0.2, 0) is 26.9 Å². The van der Waals surface area contributed by atoms with Crippen LogP contribution in [0.3, 0.4) is 0 Å². The number of hydrogen-bond donors (Lipinski definition) is 0. The number of amides is 1. The normalized spacial score (nSPS) is 11.6. The summed E-state index contributed by atoms with van der Waals surface area (Å²) < 4.78 is 26.5. The minimum atomic E-state index is -3.66. The Kier molecular flexibility index (Phi) is 6.34. The number of benzene rings is 2. The van der Waals surface area contributed by atoms with Gasteiger partial charge in [-0.05, 0) is 54.8 Å². The van der Waals surface area contributed by atoms with Crippen molar-refractivity contribution in [1.29, 1.82) is 0 Å². The van der Waals surface area contributed by atoms with Crippen molar-refractivity contribution in [3.05, 3.63) is 89.2 Å². The molecule has 0 unspecified atom stereocenters. The molecule has 0 atom stereocenters. The van der Waals surface area contributed by atoms with Gasteiger partial charge in [0.2, 0.25) is 5.91 Å². The highest BCUT2D eigenvalue weighted by molar-refractivity contribution is 7.91. The average Bonchev–Trinajstić information content (AvgIpc) is 3.15. The second-order valence-electron chi connectivity index (χ2n) is 7.72. The highest BCUT2D eigenvalue weighted by Crippen LogP contribution is 2.31. The quantitative estimate of drug-likeness (QED) is 0.403. The van der Waals surface area contributed by atoms with Crippen LogP contribution in [0, 0.1) is 13.8 Å². The maximum absolute atomic E-state index is 13.3. The van der Waals surface area contributed by atoms with Crippen molar-refractivity contribution in [2.24, 2.45) is 0 Å². The molecular formula is C24H23N3O3S2. The van der Waals surface area contributed by atoms with Gasteiger partial charge in [0.25, 0.3) is 0 Å². The van der Waals surface area contributed by atoms with Crippen molar-refractivity contribution >= 4 is 42.4 Å². The van der Waals surface area contributed by atoms with E-state index in [1.807, 2.05) is 38.1 Å². The Morgan fingerprint density at radius 1 is 1.00 bits per heavy atom. The summed E-state index contributed by atoms with van der Waals surface area (Å²) in [7, 11) is -3.66. The summed E-state index contributed by atoms with van der Waals surface area (Å²) in [6.45, 7) is 4.19. The molecule has 0 saturated carbocycles. The smallest absolute Gasteiger partial charge is 0.244 e. The van der Waals surface area contributed by atoms with E-state index in [-0.39, 0.29) is 12.3 Å². The summed E-state index contributed by atoms with van der Waals surface area (Å²) in [5.74, 6) is -1.29. The molecule has 0 spiro atoms. The number of rotatable bonds is 7. The van der Waals surface area contributed by atoms with Crippen LogP contribution in [0.5, 0.6) is 0 Å². The third-order valence-corrected chi connectivity index (χ3v) is 7.64. The lowest BCUT2D eigenvalue weighted by Gasteiger charge is -2.19.